The van der Waals surface area contributed by atoms with E-state index >= 15 is 0 Å². The van der Waals surface area contributed by atoms with Gasteiger partial charge >= 0.3 is 0 Å². The molecule has 3 aromatic heterocycles. The number of carbonyl (C=O) groups is 4. The zero-order valence-corrected chi connectivity index (χ0v) is 29.6. The van der Waals surface area contributed by atoms with Gasteiger partial charge < -0.3 is 24.9 Å². The normalized spacial score (nSPS) is 17.1. The number of likely N-dealkylation sites (tertiary alicyclic amines) is 2. The molecular weight excluding hydrogens is 685 g/mol. The lowest BCUT2D eigenvalue weighted by Crippen LogP contribution is -2.38. The summed E-state index contributed by atoms with van der Waals surface area (Å²) in [7, 11) is 0. The van der Waals surface area contributed by atoms with E-state index in [-0.39, 0.29) is 48.6 Å². The molecule has 7 rings (SSSR count). The van der Waals surface area contributed by atoms with Crippen molar-refractivity contribution in [3.05, 3.63) is 93.3 Å². The molecule has 2 atom stereocenters. The van der Waals surface area contributed by atoms with Crippen LogP contribution in [0.5, 0.6) is 0 Å². The Kier molecular flexibility index (Phi) is 10.6. The second-order valence-electron chi connectivity index (χ2n) is 12.9. The van der Waals surface area contributed by atoms with Gasteiger partial charge in [-0.25, -0.2) is 0 Å². The first-order valence-electron chi connectivity index (χ1n) is 17.2. The molecule has 2 aliphatic rings. The van der Waals surface area contributed by atoms with E-state index < -0.39 is 0 Å². The van der Waals surface area contributed by atoms with Gasteiger partial charge in [-0.2, -0.15) is 0 Å². The van der Waals surface area contributed by atoms with E-state index in [4.69, 9.17) is 4.42 Å². The van der Waals surface area contributed by atoms with Crippen LogP contribution in [0.2, 0.25) is 0 Å². The summed E-state index contributed by atoms with van der Waals surface area (Å²) < 4.78 is 5.95. The van der Waals surface area contributed by atoms with Crippen molar-refractivity contribution in [1.82, 2.24) is 20.0 Å². The Morgan fingerprint density at radius 2 is 1.08 bits per heavy atom. The van der Waals surface area contributed by atoms with Gasteiger partial charge in [-0.05, 0) is 97.1 Å². The third kappa shape index (κ3) is 8.61. The molecule has 2 N–H and O–H groups in total. The molecule has 0 bridgehead atoms. The average Bonchev–Trinajstić information content (AvgIpc) is 3.97. The van der Waals surface area contributed by atoms with E-state index in [2.05, 4.69) is 20.8 Å². The van der Waals surface area contributed by atoms with Gasteiger partial charge in [0, 0.05) is 70.3 Å². The van der Waals surface area contributed by atoms with Crippen LogP contribution in [-0.4, -0.2) is 68.8 Å². The monoisotopic (exact) mass is 722 g/mol. The van der Waals surface area contributed by atoms with E-state index in [1.807, 2.05) is 44.8 Å². The average molecular weight is 723 g/mol. The number of benzene rings is 2. The first-order chi connectivity index (χ1) is 24.9. The second-order valence-corrected chi connectivity index (χ2v) is 14.9. The van der Waals surface area contributed by atoms with Crippen LogP contribution in [0.15, 0.2) is 88.0 Å². The Morgan fingerprint density at radius 3 is 1.47 bits per heavy atom. The third-order valence-corrected chi connectivity index (χ3v) is 11.1. The van der Waals surface area contributed by atoms with Crippen LogP contribution in [0.25, 0.3) is 22.9 Å². The molecule has 2 fully saturated rings. The van der Waals surface area contributed by atoms with Gasteiger partial charge in [-0.3, -0.25) is 19.2 Å². The standard InChI is InChI=1S/C38H38N6O5S2/c45-33(21-29-5-1-17-43(29)35(47)23-31-7-3-19-50-31)39-27-13-9-25(10-14-27)37-41-42-38(49-37)26-11-15-28(16-12-26)40-34(46)22-30-6-2-18-44(30)36(48)24-32-8-4-20-51-32/h3-4,7-16,19-20,29-30H,1-2,5-6,17-18,21-24H2,(H,39,45)(H,40,46)/t29-,30-/m0/s1. The molecule has 51 heavy (non-hydrogen) atoms. The fraction of sp³-hybridized carbons (Fsp3) is 0.316. The molecular formula is C38H38N6O5S2. The van der Waals surface area contributed by atoms with Crippen LogP contribution in [0.4, 0.5) is 11.4 Å². The maximum Gasteiger partial charge on any atom is 0.248 e. The number of nitrogens with one attached hydrogen (secondary N) is 2. The quantitative estimate of drug-likeness (QED) is 0.147. The highest BCUT2D eigenvalue weighted by Crippen LogP contribution is 2.28. The minimum atomic E-state index is -0.135. The fourth-order valence-corrected chi connectivity index (χ4v) is 8.17. The Hall–Kier alpha value is -5.14. The van der Waals surface area contributed by atoms with Crippen molar-refractivity contribution < 1.29 is 23.6 Å². The minimum Gasteiger partial charge on any atom is -0.416 e. The van der Waals surface area contributed by atoms with Gasteiger partial charge in [-0.15, -0.1) is 32.9 Å². The van der Waals surface area contributed by atoms with Gasteiger partial charge in [-0.1, -0.05) is 12.1 Å². The van der Waals surface area contributed by atoms with E-state index in [0.717, 1.165) is 35.4 Å². The van der Waals surface area contributed by atoms with E-state index in [1.165, 1.54) is 0 Å². The number of thiophene rings is 2. The molecule has 13 heteroatoms. The van der Waals surface area contributed by atoms with E-state index in [1.54, 1.807) is 71.2 Å². The fourth-order valence-electron chi connectivity index (χ4n) is 6.78. The van der Waals surface area contributed by atoms with Crippen LogP contribution in [0.3, 0.4) is 0 Å². The molecule has 2 saturated heterocycles. The molecule has 0 saturated carbocycles. The molecule has 5 heterocycles. The first kappa shape index (κ1) is 34.3. The van der Waals surface area contributed by atoms with Gasteiger partial charge in [0.05, 0.1) is 12.8 Å². The van der Waals surface area contributed by atoms with Crippen LogP contribution >= 0.6 is 22.7 Å². The SMILES string of the molecule is O=C(C[C@@H]1CCCN1C(=O)Cc1cccs1)Nc1ccc(-c2nnc(-c3ccc(NC(=O)C[C@@H]4CCCN4C(=O)Cc4cccs4)cc3)o2)cc1. The molecule has 0 spiro atoms. The minimum absolute atomic E-state index is 0.0701. The zero-order valence-electron chi connectivity index (χ0n) is 28.0. The zero-order chi connectivity index (χ0) is 35.2. The molecule has 0 unspecified atom stereocenters. The van der Waals surface area contributed by atoms with Crippen LogP contribution in [-0.2, 0) is 32.0 Å². The summed E-state index contributed by atoms with van der Waals surface area (Å²) >= 11 is 3.14. The summed E-state index contributed by atoms with van der Waals surface area (Å²) in [6.07, 6.45) is 4.69. The lowest BCUT2D eigenvalue weighted by molar-refractivity contribution is -0.133. The highest BCUT2D eigenvalue weighted by Gasteiger charge is 2.31. The number of aromatic nitrogens is 2. The highest BCUT2D eigenvalue weighted by molar-refractivity contribution is 7.10. The predicted octanol–water partition coefficient (Wildman–Crippen LogP) is 6.65. The number of hydrogen-bond acceptors (Lipinski definition) is 9. The lowest BCUT2D eigenvalue weighted by atomic mass is 10.1. The van der Waals surface area contributed by atoms with Crippen molar-refractivity contribution in [2.45, 2.75) is 63.5 Å². The summed E-state index contributed by atoms with van der Waals surface area (Å²) in [5.74, 6) is 0.538. The Balaban J connectivity index is 0.888. The van der Waals surface area contributed by atoms with Gasteiger partial charge in [0.25, 0.3) is 0 Å². The molecule has 0 radical (unpaired) electrons. The molecule has 5 aromatic rings. The molecule has 11 nitrogen and oxygen atoms in total. The van der Waals surface area contributed by atoms with Gasteiger partial charge in [0.15, 0.2) is 0 Å². The Bertz CT molecular complexity index is 1820. The van der Waals surface area contributed by atoms with Crippen molar-refractivity contribution in [3.8, 4) is 22.9 Å². The largest absolute Gasteiger partial charge is 0.416 e. The molecule has 2 aliphatic heterocycles. The summed E-state index contributed by atoms with van der Waals surface area (Å²) in [5.41, 5.74) is 2.68. The summed E-state index contributed by atoms with van der Waals surface area (Å²) in [5, 5.41) is 18.2. The maximum atomic E-state index is 12.9. The molecule has 2 aromatic carbocycles. The smallest absolute Gasteiger partial charge is 0.248 e. The number of rotatable bonds is 12. The summed E-state index contributed by atoms with van der Waals surface area (Å²) in [6, 6.07) is 22.0. The van der Waals surface area contributed by atoms with Crippen molar-refractivity contribution >= 4 is 57.7 Å². The van der Waals surface area contributed by atoms with Gasteiger partial charge in [0.1, 0.15) is 0 Å². The topological polar surface area (TPSA) is 138 Å². The highest BCUT2D eigenvalue weighted by atomic mass is 32.1. The van der Waals surface area contributed by atoms with Crippen molar-refractivity contribution in [1.29, 1.82) is 0 Å². The number of amides is 4. The number of nitrogens with zero attached hydrogens (tertiary/aromatic N) is 4. The van der Waals surface area contributed by atoms with E-state index in [9.17, 15) is 19.2 Å². The lowest BCUT2D eigenvalue weighted by Gasteiger charge is -2.24. The molecule has 262 valence electrons. The Labute approximate surface area is 303 Å². The number of anilines is 2. The van der Waals surface area contributed by atoms with Crippen LogP contribution in [0.1, 0.15) is 48.3 Å². The van der Waals surface area contributed by atoms with E-state index in [0.29, 0.717) is 60.2 Å². The molecule has 0 aliphatic carbocycles. The van der Waals surface area contributed by atoms with Crippen molar-refractivity contribution in [2.75, 3.05) is 23.7 Å². The van der Waals surface area contributed by atoms with Gasteiger partial charge in [0.2, 0.25) is 35.4 Å². The molecule has 4 amide bonds. The number of hydrogen-bond donors (Lipinski definition) is 2. The summed E-state index contributed by atoms with van der Waals surface area (Å²) in [6.45, 7) is 1.37. The first-order valence-corrected chi connectivity index (χ1v) is 18.9. The van der Waals surface area contributed by atoms with Crippen molar-refractivity contribution in [2.24, 2.45) is 0 Å². The summed E-state index contributed by atoms with van der Waals surface area (Å²) in [4.78, 5) is 57.2. The maximum absolute atomic E-state index is 12.9. The predicted molar refractivity (Wildman–Crippen MR) is 197 cm³/mol. The second kappa shape index (κ2) is 15.8. The number of carbonyl (C=O) groups excluding carboxylic acids is 4. The van der Waals surface area contributed by atoms with Crippen LogP contribution in [0, 0.1) is 0 Å². The third-order valence-electron chi connectivity index (χ3n) is 9.30. The van der Waals surface area contributed by atoms with Crippen LogP contribution < -0.4 is 10.6 Å². The van der Waals surface area contributed by atoms with Crippen molar-refractivity contribution in [3.63, 3.8) is 0 Å². The Morgan fingerprint density at radius 1 is 0.647 bits per heavy atom.